The van der Waals surface area contributed by atoms with Crippen LogP contribution >= 0.6 is 11.3 Å². The van der Waals surface area contributed by atoms with E-state index < -0.39 is 15.6 Å². The molecule has 0 bridgehead atoms. The highest BCUT2D eigenvalue weighted by Crippen LogP contribution is 2.26. The van der Waals surface area contributed by atoms with Gasteiger partial charge in [-0.05, 0) is 27.7 Å². The molecule has 0 aliphatic carbocycles. The number of thiazole rings is 1. The lowest BCUT2D eigenvalue weighted by Gasteiger charge is -2.20. The topological polar surface area (TPSA) is 75.5 Å². The predicted molar refractivity (Wildman–Crippen MR) is 77.3 cm³/mol. The van der Waals surface area contributed by atoms with Gasteiger partial charge in [-0.3, -0.25) is 4.40 Å². The van der Waals surface area contributed by atoms with E-state index in [4.69, 9.17) is 0 Å². The summed E-state index contributed by atoms with van der Waals surface area (Å²) in [7, 11) is -3.63. The molecule has 0 saturated carbocycles. The summed E-state index contributed by atoms with van der Waals surface area (Å²) in [5.41, 5.74) is -0.539. The van der Waals surface area contributed by atoms with Gasteiger partial charge >= 0.3 is 0 Å². The van der Waals surface area contributed by atoms with E-state index in [1.54, 1.807) is 10.6 Å². The molecule has 2 aromatic rings. The third-order valence-corrected chi connectivity index (χ3v) is 4.79. The molecule has 6 nitrogen and oxygen atoms in total. The maximum absolute atomic E-state index is 12.5. The van der Waals surface area contributed by atoms with Gasteiger partial charge in [-0.15, -0.1) is 11.3 Å². The first-order valence-corrected chi connectivity index (χ1v) is 8.34. The number of anilines is 1. The fraction of sp³-hybridized carbons (Fsp3) is 0.545. The average molecular weight is 302 g/mol. The lowest BCUT2D eigenvalue weighted by Crippen LogP contribution is -2.41. The number of rotatable bonds is 4. The maximum atomic E-state index is 12.5. The lowest BCUT2D eigenvalue weighted by molar-refractivity contribution is 0.489. The highest BCUT2D eigenvalue weighted by Gasteiger charge is 2.29. The fourth-order valence-electron chi connectivity index (χ4n) is 1.76. The Kier molecular flexibility index (Phi) is 3.59. The SMILES string of the molecule is CCNc1nc2sccn2c1S(=O)(=O)NC(C)(C)C. The van der Waals surface area contributed by atoms with Crippen molar-refractivity contribution >= 4 is 32.1 Å². The maximum Gasteiger partial charge on any atom is 0.260 e. The number of imidazole rings is 1. The van der Waals surface area contributed by atoms with Gasteiger partial charge in [0, 0.05) is 23.7 Å². The molecular weight excluding hydrogens is 284 g/mol. The molecule has 0 amide bonds. The zero-order valence-electron chi connectivity index (χ0n) is 11.4. The number of hydrogen-bond donors (Lipinski definition) is 2. The minimum atomic E-state index is -3.63. The van der Waals surface area contributed by atoms with Crippen LogP contribution in [0.5, 0.6) is 0 Å². The van der Waals surface area contributed by atoms with Gasteiger partial charge < -0.3 is 5.32 Å². The number of aromatic nitrogens is 2. The van der Waals surface area contributed by atoms with E-state index in [0.29, 0.717) is 17.3 Å². The fourth-order valence-corrected chi connectivity index (χ4v) is 4.21. The molecule has 8 heteroatoms. The van der Waals surface area contributed by atoms with E-state index in [2.05, 4.69) is 15.0 Å². The van der Waals surface area contributed by atoms with Gasteiger partial charge in [0.2, 0.25) is 0 Å². The quantitative estimate of drug-likeness (QED) is 0.904. The van der Waals surface area contributed by atoms with Crippen molar-refractivity contribution in [3.05, 3.63) is 11.6 Å². The first-order valence-electron chi connectivity index (χ1n) is 5.98. The predicted octanol–water partition coefficient (Wildman–Crippen LogP) is 1.90. The van der Waals surface area contributed by atoms with E-state index in [0.717, 1.165) is 0 Å². The average Bonchev–Trinajstić information content (AvgIpc) is 2.72. The lowest BCUT2D eigenvalue weighted by atomic mass is 10.1. The molecule has 0 fully saturated rings. The summed E-state index contributed by atoms with van der Waals surface area (Å²) in [6.45, 7) is 7.94. The summed E-state index contributed by atoms with van der Waals surface area (Å²) in [5, 5.41) is 4.98. The van der Waals surface area contributed by atoms with E-state index in [1.165, 1.54) is 11.3 Å². The highest BCUT2D eigenvalue weighted by atomic mass is 32.2. The smallest absolute Gasteiger partial charge is 0.260 e. The van der Waals surface area contributed by atoms with Gasteiger partial charge in [0.1, 0.15) is 0 Å². The molecule has 19 heavy (non-hydrogen) atoms. The van der Waals surface area contributed by atoms with Crippen molar-refractivity contribution in [1.82, 2.24) is 14.1 Å². The van der Waals surface area contributed by atoms with Gasteiger partial charge in [0.05, 0.1) is 0 Å². The molecule has 0 unspecified atom stereocenters. The van der Waals surface area contributed by atoms with E-state index >= 15 is 0 Å². The van der Waals surface area contributed by atoms with Crippen LogP contribution in [-0.4, -0.2) is 29.9 Å². The molecule has 2 heterocycles. The van der Waals surface area contributed by atoms with Crippen LogP contribution in [0.15, 0.2) is 16.6 Å². The molecule has 0 saturated heterocycles. The Balaban J connectivity index is 2.59. The van der Waals surface area contributed by atoms with Gasteiger partial charge in [0.15, 0.2) is 15.8 Å². The third kappa shape index (κ3) is 2.90. The molecule has 106 valence electrons. The van der Waals surface area contributed by atoms with Gasteiger partial charge in [-0.2, -0.15) is 0 Å². The van der Waals surface area contributed by atoms with Crippen LogP contribution in [0.1, 0.15) is 27.7 Å². The molecule has 0 aliphatic heterocycles. The van der Waals surface area contributed by atoms with Gasteiger partial charge in [-0.25, -0.2) is 18.1 Å². The zero-order chi connectivity index (χ0) is 14.3. The van der Waals surface area contributed by atoms with Crippen molar-refractivity contribution < 1.29 is 8.42 Å². The van der Waals surface area contributed by atoms with Crippen molar-refractivity contribution in [2.75, 3.05) is 11.9 Å². The van der Waals surface area contributed by atoms with E-state index in [-0.39, 0.29) is 5.03 Å². The third-order valence-electron chi connectivity index (χ3n) is 2.26. The van der Waals surface area contributed by atoms with E-state index in [9.17, 15) is 8.42 Å². The van der Waals surface area contributed by atoms with E-state index in [1.807, 2.05) is 33.1 Å². The Morgan fingerprint density at radius 2 is 2.11 bits per heavy atom. The van der Waals surface area contributed by atoms with Crippen LogP contribution in [0, 0.1) is 0 Å². The Morgan fingerprint density at radius 1 is 1.42 bits per heavy atom. The summed E-state index contributed by atoms with van der Waals surface area (Å²) in [5.74, 6) is 0.395. The van der Waals surface area contributed by atoms with Crippen molar-refractivity contribution in [3.8, 4) is 0 Å². The summed E-state index contributed by atoms with van der Waals surface area (Å²) in [4.78, 5) is 4.97. The second-order valence-electron chi connectivity index (χ2n) is 5.21. The number of nitrogens with zero attached hydrogens (tertiary/aromatic N) is 2. The molecule has 2 rings (SSSR count). The van der Waals surface area contributed by atoms with Gasteiger partial charge in [-0.1, -0.05) is 0 Å². The first-order chi connectivity index (χ1) is 8.74. The Bertz CT molecular complexity index is 679. The van der Waals surface area contributed by atoms with Crippen molar-refractivity contribution in [1.29, 1.82) is 0 Å². The molecule has 0 spiro atoms. The summed E-state index contributed by atoms with van der Waals surface area (Å²) in [6.07, 6.45) is 1.71. The van der Waals surface area contributed by atoms with Crippen LogP contribution in [0.3, 0.4) is 0 Å². The number of hydrogen-bond acceptors (Lipinski definition) is 5. The summed E-state index contributed by atoms with van der Waals surface area (Å²) < 4.78 is 29.3. The molecule has 0 radical (unpaired) electrons. The largest absolute Gasteiger partial charge is 0.368 e. The van der Waals surface area contributed by atoms with Gasteiger partial charge in [0.25, 0.3) is 10.0 Å². The van der Waals surface area contributed by atoms with Crippen molar-refractivity contribution in [3.63, 3.8) is 0 Å². The minimum Gasteiger partial charge on any atom is -0.368 e. The number of fused-ring (bicyclic) bond motifs is 1. The van der Waals surface area contributed by atoms with Crippen LogP contribution in [0.25, 0.3) is 4.96 Å². The second-order valence-corrected chi connectivity index (χ2v) is 7.68. The zero-order valence-corrected chi connectivity index (χ0v) is 13.0. The Morgan fingerprint density at radius 3 is 2.68 bits per heavy atom. The monoisotopic (exact) mass is 302 g/mol. The minimum absolute atomic E-state index is 0.167. The Labute approximate surface area is 116 Å². The number of nitrogens with one attached hydrogen (secondary N) is 2. The Hall–Kier alpha value is -1.12. The van der Waals surface area contributed by atoms with Crippen LogP contribution < -0.4 is 10.0 Å². The number of sulfonamides is 1. The molecule has 2 aromatic heterocycles. The van der Waals surface area contributed by atoms with Crippen molar-refractivity contribution in [2.24, 2.45) is 0 Å². The molecule has 2 N–H and O–H groups in total. The van der Waals surface area contributed by atoms with Crippen LogP contribution in [0.2, 0.25) is 0 Å². The first kappa shape index (κ1) is 14.3. The van der Waals surface area contributed by atoms with Crippen LogP contribution in [0.4, 0.5) is 5.82 Å². The summed E-state index contributed by atoms with van der Waals surface area (Å²) in [6, 6.07) is 0. The highest BCUT2D eigenvalue weighted by molar-refractivity contribution is 7.89. The molecule has 0 aliphatic rings. The molecule has 0 atom stereocenters. The standard InChI is InChI=1S/C11H18N4O2S2/c1-5-12-8-9(15-6-7-18-10(15)13-8)19(16,17)14-11(2,3)4/h6-7,12,14H,5H2,1-4H3. The molecular formula is C11H18N4O2S2. The summed E-state index contributed by atoms with van der Waals surface area (Å²) >= 11 is 1.40. The van der Waals surface area contributed by atoms with Crippen LogP contribution in [-0.2, 0) is 10.0 Å². The normalized spacial score (nSPS) is 13.1. The molecule has 0 aromatic carbocycles. The van der Waals surface area contributed by atoms with Crippen molar-refractivity contribution in [2.45, 2.75) is 38.3 Å². The second kappa shape index (κ2) is 4.77.